The van der Waals surface area contributed by atoms with Gasteiger partial charge in [-0.05, 0) is 18.1 Å². The van der Waals surface area contributed by atoms with Crippen molar-refractivity contribution in [2.24, 2.45) is 11.1 Å². The Bertz CT molecular complexity index is 414. The van der Waals surface area contributed by atoms with Gasteiger partial charge in [0.25, 0.3) is 0 Å². The molecule has 1 aliphatic heterocycles. The summed E-state index contributed by atoms with van der Waals surface area (Å²) in [5.74, 6) is 0.359. The van der Waals surface area contributed by atoms with Crippen molar-refractivity contribution in [3.8, 4) is 0 Å². The van der Waals surface area contributed by atoms with Gasteiger partial charge in [-0.1, -0.05) is 36.3 Å². The van der Waals surface area contributed by atoms with Gasteiger partial charge >= 0.3 is 0 Å². The summed E-state index contributed by atoms with van der Waals surface area (Å²) in [4.78, 5) is 2.43. The van der Waals surface area contributed by atoms with Crippen LogP contribution in [0.4, 0.5) is 0 Å². The Morgan fingerprint density at radius 1 is 1.41 bits per heavy atom. The van der Waals surface area contributed by atoms with Crippen molar-refractivity contribution in [2.75, 3.05) is 13.1 Å². The van der Waals surface area contributed by atoms with Gasteiger partial charge in [-0.2, -0.15) is 0 Å². The fraction of sp³-hybridized carbons (Fsp3) is 0.500. The normalized spacial score (nSPS) is 24.1. The van der Waals surface area contributed by atoms with Gasteiger partial charge in [-0.15, -0.1) is 0 Å². The van der Waals surface area contributed by atoms with Gasteiger partial charge in [0.2, 0.25) is 0 Å². The van der Waals surface area contributed by atoms with Gasteiger partial charge in [-0.3, -0.25) is 4.90 Å². The molecule has 0 bridgehead atoms. The number of rotatable bonds is 2. The highest BCUT2D eigenvalue weighted by Crippen LogP contribution is 2.17. The molecular weight excluding hydrogens is 212 g/mol. The molecular formula is C14H20N2O. The van der Waals surface area contributed by atoms with Crippen LogP contribution in [0.1, 0.15) is 24.5 Å². The highest BCUT2D eigenvalue weighted by Gasteiger charge is 2.22. The third kappa shape index (κ3) is 2.86. The molecule has 0 aliphatic carbocycles. The lowest BCUT2D eigenvalue weighted by Crippen LogP contribution is -2.39. The van der Waals surface area contributed by atoms with Gasteiger partial charge in [0.1, 0.15) is 0 Å². The lowest BCUT2D eigenvalue weighted by Gasteiger charge is -2.31. The molecule has 0 amide bonds. The van der Waals surface area contributed by atoms with Gasteiger partial charge in [0, 0.05) is 32.0 Å². The summed E-state index contributed by atoms with van der Waals surface area (Å²) in [5, 5.41) is 12.2. The summed E-state index contributed by atoms with van der Waals surface area (Å²) in [6.07, 6.45) is 0.879. The molecule has 1 heterocycles. The molecule has 1 aliphatic rings. The van der Waals surface area contributed by atoms with E-state index in [0.717, 1.165) is 31.8 Å². The summed E-state index contributed by atoms with van der Waals surface area (Å²) in [6, 6.07) is 8.52. The SMILES string of the molecule is Cc1ccccc1CN1CC/C(=N\O)C(C)C1. The Balaban J connectivity index is 2.00. The molecule has 1 aromatic carbocycles. The van der Waals surface area contributed by atoms with Crippen molar-refractivity contribution in [3.63, 3.8) is 0 Å². The molecule has 1 saturated heterocycles. The van der Waals surface area contributed by atoms with E-state index in [9.17, 15) is 0 Å². The molecule has 3 heteroatoms. The fourth-order valence-corrected chi connectivity index (χ4v) is 2.42. The van der Waals surface area contributed by atoms with Crippen molar-refractivity contribution in [1.29, 1.82) is 0 Å². The van der Waals surface area contributed by atoms with E-state index >= 15 is 0 Å². The molecule has 3 nitrogen and oxygen atoms in total. The zero-order chi connectivity index (χ0) is 12.3. The van der Waals surface area contributed by atoms with Crippen LogP contribution in [-0.2, 0) is 6.54 Å². The maximum atomic E-state index is 8.85. The zero-order valence-electron chi connectivity index (χ0n) is 10.6. The number of hydrogen-bond donors (Lipinski definition) is 1. The van der Waals surface area contributed by atoms with E-state index in [1.165, 1.54) is 11.1 Å². The number of hydrogen-bond acceptors (Lipinski definition) is 3. The first-order valence-corrected chi connectivity index (χ1v) is 6.18. The molecule has 0 radical (unpaired) electrons. The number of piperidine rings is 1. The Hall–Kier alpha value is -1.35. The molecule has 92 valence electrons. The summed E-state index contributed by atoms with van der Waals surface area (Å²) in [6.45, 7) is 7.24. The van der Waals surface area contributed by atoms with Crippen molar-refractivity contribution >= 4 is 5.71 Å². The highest BCUT2D eigenvalue weighted by atomic mass is 16.4. The summed E-state index contributed by atoms with van der Waals surface area (Å²) in [5.41, 5.74) is 3.68. The van der Waals surface area contributed by atoms with E-state index in [0.29, 0.717) is 5.92 Å². The predicted octanol–water partition coefficient (Wildman–Crippen LogP) is 2.67. The minimum atomic E-state index is 0.359. The zero-order valence-corrected chi connectivity index (χ0v) is 10.6. The van der Waals surface area contributed by atoms with Crippen LogP contribution in [0.3, 0.4) is 0 Å². The number of nitrogens with zero attached hydrogens (tertiary/aromatic N) is 2. The van der Waals surface area contributed by atoms with Gasteiger partial charge in [0.15, 0.2) is 0 Å². The molecule has 17 heavy (non-hydrogen) atoms. The van der Waals surface area contributed by atoms with E-state index in [1.54, 1.807) is 0 Å². The van der Waals surface area contributed by atoms with E-state index in [2.05, 4.69) is 48.2 Å². The van der Waals surface area contributed by atoms with Crippen LogP contribution in [0, 0.1) is 12.8 Å². The second-order valence-electron chi connectivity index (χ2n) is 4.90. The van der Waals surface area contributed by atoms with E-state index < -0.39 is 0 Å². The molecule has 0 spiro atoms. The largest absolute Gasteiger partial charge is 0.411 e. The van der Waals surface area contributed by atoms with Crippen LogP contribution in [0.5, 0.6) is 0 Å². The van der Waals surface area contributed by atoms with Crippen molar-refractivity contribution in [3.05, 3.63) is 35.4 Å². The van der Waals surface area contributed by atoms with Crippen LogP contribution in [0.2, 0.25) is 0 Å². The number of likely N-dealkylation sites (tertiary alicyclic amines) is 1. The first-order chi connectivity index (χ1) is 8.20. The minimum Gasteiger partial charge on any atom is -0.411 e. The quantitative estimate of drug-likeness (QED) is 0.628. The lowest BCUT2D eigenvalue weighted by molar-refractivity contribution is 0.228. The molecule has 1 N–H and O–H groups in total. The maximum absolute atomic E-state index is 8.85. The molecule has 1 aromatic rings. The third-order valence-corrected chi connectivity index (χ3v) is 3.57. The Morgan fingerprint density at radius 2 is 2.18 bits per heavy atom. The van der Waals surface area contributed by atoms with Gasteiger partial charge in [-0.25, -0.2) is 0 Å². The first kappa shape index (κ1) is 12.1. The molecule has 0 aromatic heterocycles. The van der Waals surface area contributed by atoms with E-state index in [4.69, 9.17) is 5.21 Å². The fourth-order valence-electron chi connectivity index (χ4n) is 2.42. The Labute approximate surface area is 103 Å². The molecule has 1 fully saturated rings. The lowest BCUT2D eigenvalue weighted by atomic mass is 9.97. The van der Waals surface area contributed by atoms with Crippen LogP contribution in [0.25, 0.3) is 0 Å². The topological polar surface area (TPSA) is 35.8 Å². The monoisotopic (exact) mass is 232 g/mol. The molecule has 2 rings (SSSR count). The minimum absolute atomic E-state index is 0.359. The van der Waals surface area contributed by atoms with Crippen molar-refractivity contribution in [1.82, 2.24) is 4.90 Å². The first-order valence-electron chi connectivity index (χ1n) is 6.18. The molecule has 1 unspecified atom stereocenters. The second kappa shape index (κ2) is 5.32. The van der Waals surface area contributed by atoms with Gasteiger partial charge in [0.05, 0.1) is 5.71 Å². The number of oxime groups is 1. The van der Waals surface area contributed by atoms with Crippen molar-refractivity contribution < 1.29 is 5.21 Å². The van der Waals surface area contributed by atoms with E-state index in [1.807, 2.05) is 0 Å². The van der Waals surface area contributed by atoms with E-state index in [-0.39, 0.29) is 0 Å². The van der Waals surface area contributed by atoms with Crippen LogP contribution >= 0.6 is 0 Å². The summed E-state index contributed by atoms with van der Waals surface area (Å²) in [7, 11) is 0. The van der Waals surface area contributed by atoms with Crippen molar-refractivity contribution in [2.45, 2.75) is 26.8 Å². The second-order valence-corrected chi connectivity index (χ2v) is 4.90. The average molecular weight is 232 g/mol. The standard InChI is InChI=1S/C14H20N2O/c1-11-5-3-4-6-13(11)10-16-8-7-14(15-17)12(2)9-16/h3-6,12,17H,7-10H2,1-2H3/b15-14+. The maximum Gasteiger partial charge on any atom is 0.0624 e. The average Bonchev–Trinajstić information content (AvgIpc) is 2.32. The van der Waals surface area contributed by atoms with Crippen LogP contribution < -0.4 is 0 Å². The number of aryl methyl sites for hydroxylation is 1. The Morgan fingerprint density at radius 3 is 2.82 bits per heavy atom. The van der Waals surface area contributed by atoms with Crippen LogP contribution in [-0.4, -0.2) is 28.9 Å². The third-order valence-electron chi connectivity index (χ3n) is 3.57. The number of benzene rings is 1. The van der Waals surface area contributed by atoms with Crippen LogP contribution in [0.15, 0.2) is 29.4 Å². The summed E-state index contributed by atoms with van der Waals surface area (Å²) >= 11 is 0. The summed E-state index contributed by atoms with van der Waals surface area (Å²) < 4.78 is 0. The highest BCUT2D eigenvalue weighted by molar-refractivity contribution is 5.86. The predicted molar refractivity (Wildman–Crippen MR) is 69.5 cm³/mol. The smallest absolute Gasteiger partial charge is 0.0624 e. The van der Waals surface area contributed by atoms with Gasteiger partial charge < -0.3 is 5.21 Å². The molecule has 1 atom stereocenters. The Kier molecular flexibility index (Phi) is 3.79. The molecule has 0 saturated carbocycles.